The molecule has 0 aliphatic carbocycles. The third kappa shape index (κ3) is 1.12. The van der Waals surface area contributed by atoms with Crippen LogP contribution < -0.4 is 5.73 Å². The zero-order valence-electron chi connectivity index (χ0n) is 5.41. The maximum absolute atomic E-state index is 10.8. The second-order valence-electron chi connectivity index (χ2n) is 2.26. The lowest BCUT2D eigenvalue weighted by molar-refractivity contribution is -0.128. The van der Waals surface area contributed by atoms with Crippen molar-refractivity contribution < 1.29 is 9.59 Å². The molecule has 0 saturated carbocycles. The molecule has 1 saturated heterocycles. The van der Waals surface area contributed by atoms with Crippen molar-refractivity contribution >= 4 is 21.2 Å². The molecule has 5 heteroatoms. The van der Waals surface area contributed by atoms with Gasteiger partial charge in [0.05, 0.1) is 0 Å². The lowest BCUT2D eigenvalue weighted by Crippen LogP contribution is -2.36. The highest BCUT2D eigenvalue weighted by molar-refractivity contribution is 7.14. The Kier molecular flexibility index (Phi) is 1.90. The number of hydrogen-bond acceptors (Lipinski definition) is 2. The van der Waals surface area contributed by atoms with Gasteiger partial charge in [-0.2, -0.15) is 0 Å². The van der Waals surface area contributed by atoms with Crippen LogP contribution in [0.5, 0.6) is 0 Å². The topological polar surface area (TPSA) is 63.4 Å². The van der Waals surface area contributed by atoms with E-state index in [1.54, 1.807) is 0 Å². The Labute approximate surface area is 61.0 Å². The van der Waals surface area contributed by atoms with Crippen LogP contribution in [-0.2, 0) is 9.59 Å². The smallest absolute Gasteiger partial charge is 0.240 e. The number of rotatable bonds is 1. The first-order valence-corrected chi connectivity index (χ1v) is 3.50. The zero-order chi connectivity index (χ0) is 7.72. The number of carbonyl (C=O) groups excluding carboxylic acids is 2. The second-order valence-corrected chi connectivity index (χ2v) is 2.81. The SMILES string of the molecule is NC(=O)[C@@H]1CCC(=O)N1P. The van der Waals surface area contributed by atoms with Crippen molar-refractivity contribution in [3.8, 4) is 0 Å². The molecule has 1 fully saturated rings. The molecule has 2 amide bonds. The van der Waals surface area contributed by atoms with Gasteiger partial charge in [-0.05, 0) is 15.8 Å². The number of amides is 2. The molecule has 1 aliphatic rings. The molecule has 4 nitrogen and oxygen atoms in total. The number of hydrogen-bond donors (Lipinski definition) is 1. The Bertz CT molecular complexity index is 182. The molecule has 1 unspecified atom stereocenters. The number of nitrogens with zero attached hydrogens (tertiary/aromatic N) is 1. The van der Waals surface area contributed by atoms with Crippen molar-refractivity contribution in [2.24, 2.45) is 5.73 Å². The van der Waals surface area contributed by atoms with Crippen molar-refractivity contribution in [2.75, 3.05) is 0 Å². The minimum Gasteiger partial charge on any atom is -0.368 e. The highest BCUT2D eigenvalue weighted by atomic mass is 31.0. The van der Waals surface area contributed by atoms with E-state index in [1.807, 2.05) is 0 Å². The number of primary amides is 1. The first kappa shape index (κ1) is 7.48. The summed E-state index contributed by atoms with van der Waals surface area (Å²) in [4.78, 5) is 21.4. The van der Waals surface area contributed by atoms with Gasteiger partial charge in [-0.1, -0.05) is 0 Å². The molecule has 2 atom stereocenters. The van der Waals surface area contributed by atoms with E-state index in [4.69, 9.17) is 5.73 Å². The molecular weight excluding hydrogens is 151 g/mol. The second kappa shape index (κ2) is 2.54. The van der Waals surface area contributed by atoms with E-state index in [9.17, 15) is 9.59 Å². The van der Waals surface area contributed by atoms with Gasteiger partial charge in [-0.25, -0.2) is 0 Å². The van der Waals surface area contributed by atoms with Gasteiger partial charge in [0.2, 0.25) is 11.8 Å². The third-order valence-corrected chi connectivity index (χ3v) is 2.23. The first-order chi connectivity index (χ1) is 4.63. The predicted molar refractivity (Wildman–Crippen MR) is 38.8 cm³/mol. The Morgan fingerprint density at radius 3 is 2.60 bits per heavy atom. The molecular formula is C5H9N2O2P. The molecule has 1 heterocycles. The van der Waals surface area contributed by atoms with Crippen LogP contribution in [0, 0.1) is 0 Å². The first-order valence-electron chi connectivity index (χ1n) is 2.99. The molecule has 0 spiro atoms. The summed E-state index contributed by atoms with van der Waals surface area (Å²) in [7, 11) is 2.20. The summed E-state index contributed by atoms with van der Waals surface area (Å²) in [6, 6.07) is -0.405. The lowest BCUT2D eigenvalue weighted by atomic mass is 10.2. The molecule has 0 aromatic carbocycles. The van der Waals surface area contributed by atoms with Crippen LogP contribution in [0.4, 0.5) is 0 Å². The summed E-state index contributed by atoms with van der Waals surface area (Å²) >= 11 is 0. The van der Waals surface area contributed by atoms with Gasteiger partial charge >= 0.3 is 0 Å². The lowest BCUT2D eigenvalue weighted by Gasteiger charge is -2.14. The van der Waals surface area contributed by atoms with Crippen LogP contribution in [-0.4, -0.2) is 22.5 Å². The molecule has 1 rings (SSSR count). The number of nitrogens with two attached hydrogens (primary N) is 1. The summed E-state index contributed by atoms with van der Waals surface area (Å²) in [6.45, 7) is 0. The van der Waals surface area contributed by atoms with Crippen molar-refractivity contribution in [1.29, 1.82) is 0 Å². The molecule has 0 aromatic rings. The highest BCUT2D eigenvalue weighted by Gasteiger charge is 2.31. The van der Waals surface area contributed by atoms with Crippen LogP contribution in [0.25, 0.3) is 0 Å². The molecule has 2 N–H and O–H groups in total. The summed E-state index contributed by atoms with van der Waals surface area (Å²) in [5, 5.41) is 0. The normalized spacial score (nSPS) is 25.5. The van der Waals surface area contributed by atoms with Gasteiger partial charge in [0.25, 0.3) is 0 Å². The van der Waals surface area contributed by atoms with E-state index in [2.05, 4.69) is 9.39 Å². The van der Waals surface area contributed by atoms with E-state index >= 15 is 0 Å². The van der Waals surface area contributed by atoms with Gasteiger partial charge in [-0.3, -0.25) is 9.59 Å². The monoisotopic (exact) mass is 160 g/mol. The van der Waals surface area contributed by atoms with Gasteiger partial charge < -0.3 is 10.4 Å². The molecule has 10 heavy (non-hydrogen) atoms. The average Bonchev–Trinajstić information content (AvgIpc) is 2.14. The van der Waals surface area contributed by atoms with Gasteiger partial charge in [0, 0.05) is 6.42 Å². The fourth-order valence-corrected chi connectivity index (χ4v) is 1.41. The molecule has 0 aromatic heterocycles. The van der Waals surface area contributed by atoms with Gasteiger partial charge in [0.1, 0.15) is 6.04 Å². The summed E-state index contributed by atoms with van der Waals surface area (Å²) in [5.41, 5.74) is 5.00. The summed E-state index contributed by atoms with van der Waals surface area (Å²) in [6.07, 6.45) is 0.981. The molecule has 0 radical (unpaired) electrons. The predicted octanol–water partition coefficient (Wildman–Crippen LogP) is -0.747. The quantitative estimate of drug-likeness (QED) is 0.513. The largest absolute Gasteiger partial charge is 0.368 e. The number of carbonyl (C=O) groups is 2. The minimum atomic E-state index is -0.430. The van der Waals surface area contributed by atoms with E-state index in [-0.39, 0.29) is 5.91 Å². The van der Waals surface area contributed by atoms with Crippen molar-refractivity contribution in [1.82, 2.24) is 4.67 Å². The minimum absolute atomic E-state index is 0.0335. The maximum Gasteiger partial charge on any atom is 0.240 e. The van der Waals surface area contributed by atoms with Crippen molar-refractivity contribution in [2.45, 2.75) is 18.9 Å². The Morgan fingerprint density at radius 2 is 2.40 bits per heavy atom. The fraction of sp³-hybridized carbons (Fsp3) is 0.600. The van der Waals surface area contributed by atoms with Crippen LogP contribution in [0.1, 0.15) is 12.8 Å². The van der Waals surface area contributed by atoms with Crippen molar-refractivity contribution in [3.63, 3.8) is 0 Å². The van der Waals surface area contributed by atoms with Crippen LogP contribution in [0.2, 0.25) is 0 Å². The average molecular weight is 160 g/mol. The Hall–Kier alpha value is -0.630. The third-order valence-electron chi connectivity index (χ3n) is 1.58. The molecule has 1 aliphatic heterocycles. The summed E-state index contributed by atoms with van der Waals surface area (Å²) < 4.78 is 1.32. The van der Waals surface area contributed by atoms with Crippen molar-refractivity contribution in [3.05, 3.63) is 0 Å². The van der Waals surface area contributed by atoms with Crippen LogP contribution in [0.3, 0.4) is 0 Å². The maximum atomic E-state index is 10.8. The van der Waals surface area contributed by atoms with E-state index in [0.29, 0.717) is 12.8 Å². The van der Waals surface area contributed by atoms with E-state index < -0.39 is 11.9 Å². The summed E-state index contributed by atoms with van der Waals surface area (Å²) in [5.74, 6) is -0.463. The fourth-order valence-electron chi connectivity index (χ4n) is 0.982. The Morgan fingerprint density at radius 1 is 1.80 bits per heavy atom. The zero-order valence-corrected chi connectivity index (χ0v) is 6.56. The van der Waals surface area contributed by atoms with Gasteiger partial charge in [-0.15, -0.1) is 0 Å². The molecule has 0 bridgehead atoms. The van der Waals surface area contributed by atoms with Crippen LogP contribution in [0.15, 0.2) is 0 Å². The van der Waals surface area contributed by atoms with E-state index in [0.717, 1.165) is 0 Å². The standard InChI is InChI=1S/C5H9N2O2P/c6-5(9)3-1-2-4(8)7(3)10/h3H,1-2,10H2,(H2,6,9)/t3-/m0/s1. The Balaban J connectivity index is 2.66. The molecule has 56 valence electrons. The van der Waals surface area contributed by atoms with Gasteiger partial charge in [0.15, 0.2) is 0 Å². The van der Waals surface area contributed by atoms with E-state index in [1.165, 1.54) is 4.67 Å². The van der Waals surface area contributed by atoms with Crippen LogP contribution >= 0.6 is 9.39 Å². The highest BCUT2D eigenvalue weighted by Crippen LogP contribution is 2.21.